The van der Waals surface area contributed by atoms with E-state index in [-0.39, 0.29) is 11.3 Å². The van der Waals surface area contributed by atoms with Gasteiger partial charge < -0.3 is 28.7 Å². The largest absolute Gasteiger partial charge is 0.465 e. The van der Waals surface area contributed by atoms with Gasteiger partial charge in [0.25, 0.3) is 0 Å². The maximum atomic E-state index is 13.0. The fourth-order valence-electron chi connectivity index (χ4n) is 3.56. The van der Waals surface area contributed by atoms with Crippen LogP contribution in [-0.4, -0.2) is 65.0 Å². The molecule has 1 saturated heterocycles. The Hall–Kier alpha value is -3.59. The number of benzene rings is 1. The monoisotopic (exact) mass is 456 g/mol. The SMILES string of the molecule is CCCOC(=O)c1cc(N2C=CC=CC(C(=O)OC)=C2C(=O)OC)ccc1N1CCOCC1. The minimum Gasteiger partial charge on any atom is -0.465 e. The summed E-state index contributed by atoms with van der Waals surface area (Å²) in [7, 11) is 2.47. The normalized spacial score (nSPS) is 15.8. The van der Waals surface area contributed by atoms with Gasteiger partial charge in [-0.3, -0.25) is 0 Å². The number of anilines is 2. The highest BCUT2D eigenvalue weighted by molar-refractivity contribution is 6.06. The zero-order valence-corrected chi connectivity index (χ0v) is 19.0. The number of morpholine rings is 1. The average Bonchev–Trinajstić information content (AvgIpc) is 3.09. The predicted octanol–water partition coefficient (Wildman–Crippen LogP) is 2.58. The van der Waals surface area contributed by atoms with Crippen molar-refractivity contribution in [1.29, 1.82) is 0 Å². The van der Waals surface area contributed by atoms with E-state index in [0.717, 1.165) is 5.69 Å². The third-order valence-electron chi connectivity index (χ3n) is 5.16. The van der Waals surface area contributed by atoms with E-state index in [4.69, 9.17) is 18.9 Å². The van der Waals surface area contributed by atoms with E-state index >= 15 is 0 Å². The van der Waals surface area contributed by atoms with E-state index < -0.39 is 17.9 Å². The van der Waals surface area contributed by atoms with Crippen molar-refractivity contribution in [3.63, 3.8) is 0 Å². The fraction of sp³-hybridized carbons (Fsp3) is 0.375. The molecule has 0 amide bonds. The summed E-state index contributed by atoms with van der Waals surface area (Å²) in [6, 6.07) is 5.23. The molecular formula is C24H28N2O7. The average molecular weight is 456 g/mol. The molecule has 0 aromatic heterocycles. The molecule has 0 unspecified atom stereocenters. The molecule has 0 spiro atoms. The van der Waals surface area contributed by atoms with Crippen LogP contribution in [0.5, 0.6) is 0 Å². The Balaban J connectivity index is 2.12. The highest BCUT2D eigenvalue weighted by Gasteiger charge is 2.29. The lowest BCUT2D eigenvalue weighted by Crippen LogP contribution is -2.37. The fourth-order valence-corrected chi connectivity index (χ4v) is 3.56. The van der Waals surface area contributed by atoms with Crippen LogP contribution in [0.1, 0.15) is 23.7 Å². The molecule has 0 saturated carbocycles. The maximum absolute atomic E-state index is 13.0. The molecule has 0 radical (unpaired) electrons. The number of hydrogen-bond acceptors (Lipinski definition) is 9. The zero-order valence-electron chi connectivity index (χ0n) is 19.0. The van der Waals surface area contributed by atoms with Gasteiger partial charge in [-0.15, -0.1) is 0 Å². The number of ether oxygens (including phenoxy) is 4. The van der Waals surface area contributed by atoms with Crippen LogP contribution in [0.15, 0.2) is 53.9 Å². The summed E-state index contributed by atoms with van der Waals surface area (Å²) in [5.74, 6) is -1.87. The van der Waals surface area contributed by atoms with E-state index in [9.17, 15) is 14.4 Å². The molecule has 1 aromatic carbocycles. The van der Waals surface area contributed by atoms with E-state index in [0.29, 0.717) is 50.6 Å². The molecule has 0 atom stereocenters. The summed E-state index contributed by atoms with van der Waals surface area (Å²) in [5.41, 5.74) is 1.56. The van der Waals surface area contributed by atoms with Crippen molar-refractivity contribution in [2.45, 2.75) is 13.3 Å². The second-order valence-corrected chi connectivity index (χ2v) is 7.25. The second-order valence-electron chi connectivity index (χ2n) is 7.25. The van der Waals surface area contributed by atoms with E-state index in [2.05, 4.69) is 4.90 Å². The molecule has 3 rings (SSSR count). The molecule has 0 bridgehead atoms. The van der Waals surface area contributed by atoms with Gasteiger partial charge in [0.15, 0.2) is 0 Å². The van der Waals surface area contributed by atoms with Crippen LogP contribution in [0.3, 0.4) is 0 Å². The highest BCUT2D eigenvalue weighted by atomic mass is 16.5. The number of carbonyl (C=O) groups excluding carboxylic acids is 3. The molecule has 2 aliphatic heterocycles. The van der Waals surface area contributed by atoms with Gasteiger partial charge in [-0.05, 0) is 36.8 Å². The van der Waals surface area contributed by atoms with Crippen molar-refractivity contribution in [2.24, 2.45) is 0 Å². The Bertz CT molecular complexity index is 991. The molecule has 0 aliphatic carbocycles. The lowest BCUT2D eigenvalue weighted by molar-refractivity contribution is -0.139. The Morgan fingerprint density at radius 1 is 1.00 bits per heavy atom. The van der Waals surface area contributed by atoms with Gasteiger partial charge in [-0.2, -0.15) is 0 Å². The molecule has 9 heteroatoms. The van der Waals surface area contributed by atoms with Crippen molar-refractivity contribution in [2.75, 3.05) is 56.9 Å². The Labute approximate surface area is 192 Å². The van der Waals surface area contributed by atoms with Crippen molar-refractivity contribution < 1.29 is 33.3 Å². The van der Waals surface area contributed by atoms with Crippen molar-refractivity contribution in [1.82, 2.24) is 0 Å². The summed E-state index contributed by atoms with van der Waals surface area (Å²) in [6.45, 7) is 4.61. The first kappa shape index (κ1) is 24.1. The topological polar surface area (TPSA) is 94.6 Å². The van der Waals surface area contributed by atoms with Gasteiger partial charge >= 0.3 is 17.9 Å². The molecule has 9 nitrogen and oxygen atoms in total. The van der Waals surface area contributed by atoms with Crippen LogP contribution in [0.2, 0.25) is 0 Å². The molecule has 1 fully saturated rings. The van der Waals surface area contributed by atoms with Crippen LogP contribution in [0.25, 0.3) is 0 Å². The summed E-state index contributed by atoms with van der Waals surface area (Å²) < 4.78 is 20.7. The van der Waals surface area contributed by atoms with E-state index in [1.54, 1.807) is 30.5 Å². The number of rotatable bonds is 7. The van der Waals surface area contributed by atoms with Crippen LogP contribution >= 0.6 is 0 Å². The summed E-state index contributed by atoms with van der Waals surface area (Å²) in [4.78, 5) is 41.6. The first-order valence-electron chi connectivity index (χ1n) is 10.7. The molecular weight excluding hydrogens is 428 g/mol. The number of hydrogen-bond donors (Lipinski definition) is 0. The molecule has 33 heavy (non-hydrogen) atoms. The minimum absolute atomic E-state index is 0.0265. The van der Waals surface area contributed by atoms with Gasteiger partial charge in [-0.1, -0.05) is 13.0 Å². The van der Waals surface area contributed by atoms with E-state index in [1.165, 1.54) is 25.2 Å². The molecule has 1 aromatic rings. The lowest BCUT2D eigenvalue weighted by atomic mass is 10.1. The lowest BCUT2D eigenvalue weighted by Gasteiger charge is -2.31. The molecule has 176 valence electrons. The minimum atomic E-state index is -0.723. The molecule has 0 N–H and O–H groups in total. The van der Waals surface area contributed by atoms with Crippen LogP contribution < -0.4 is 9.80 Å². The highest BCUT2D eigenvalue weighted by Crippen LogP contribution is 2.32. The maximum Gasteiger partial charge on any atom is 0.355 e. The quantitative estimate of drug-likeness (QED) is 0.453. The summed E-state index contributed by atoms with van der Waals surface area (Å²) in [5, 5.41) is 0. The molecule has 2 aliphatic rings. The van der Waals surface area contributed by atoms with Gasteiger partial charge in [-0.25, -0.2) is 14.4 Å². The van der Waals surface area contributed by atoms with Gasteiger partial charge in [0.1, 0.15) is 5.70 Å². The van der Waals surface area contributed by atoms with Crippen molar-refractivity contribution in [3.8, 4) is 0 Å². The number of carbonyl (C=O) groups is 3. The zero-order chi connectivity index (χ0) is 23.8. The Morgan fingerprint density at radius 2 is 1.73 bits per heavy atom. The number of nitrogens with zero attached hydrogens (tertiary/aromatic N) is 2. The van der Waals surface area contributed by atoms with Crippen molar-refractivity contribution >= 4 is 29.3 Å². The summed E-state index contributed by atoms with van der Waals surface area (Å²) >= 11 is 0. The standard InChI is InChI=1S/C24H28N2O7/c1-4-13-33-23(28)19-16-17(8-9-20(19)25-11-14-32-15-12-25)26-10-6-5-7-18(22(27)30-2)21(26)24(29)31-3/h5-10,16H,4,11-15H2,1-3H3. The Morgan fingerprint density at radius 3 is 2.39 bits per heavy atom. The first-order valence-corrected chi connectivity index (χ1v) is 10.7. The second kappa shape index (κ2) is 11.3. The van der Waals surface area contributed by atoms with Gasteiger partial charge in [0.05, 0.1) is 50.9 Å². The van der Waals surface area contributed by atoms with Crippen molar-refractivity contribution in [3.05, 3.63) is 59.5 Å². The first-order chi connectivity index (χ1) is 16.0. The number of methoxy groups -OCH3 is 2. The van der Waals surface area contributed by atoms with Crippen LogP contribution in [0.4, 0.5) is 11.4 Å². The Kier molecular flexibility index (Phi) is 8.26. The number of allylic oxidation sites excluding steroid dienone is 2. The predicted molar refractivity (Wildman–Crippen MR) is 122 cm³/mol. The van der Waals surface area contributed by atoms with Crippen LogP contribution in [-0.2, 0) is 28.5 Å². The third kappa shape index (κ3) is 5.43. The number of esters is 3. The van der Waals surface area contributed by atoms with Crippen LogP contribution in [0, 0.1) is 0 Å². The smallest absolute Gasteiger partial charge is 0.355 e. The van der Waals surface area contributed by atoms with Gasteiger partial charge in [0, 0.05) is 25.0 Å². The third-order valence-corrected chi connectivity index (χ3v) is 5.16. The molecule has 2 heterocycles. The van der Waals surface area contributed by atoms with E-state index in [1.807, 2.05) is 13.0 Å². The van der Waals surface area contributed by atoms with Gasteiger partial charge in [0.2, 0.25) is 0 Å². The summed E-state index contributed by atoms with van der Waals surface area (Å²) in [6.07, 6.45) is 7.07.